The molecule has 1 fully saturated rings. The number of ether oxygens (including phenoxy) is 2. The molecule has 0 aromatic heterocycles. The van der Waals surface area contributed by atoms with Gasteiger partial charge in [-0.2, -0.15) is 0 Å². The molecule has 8 heteroatoms. The number of rotatable bonds is 7. The first-order valence-corrected chi connectivity index (χ1v) is 11.6. The number of carbonyl (C=O) groups excluding carboxylic acids is 2. The zero-order valence-corrected chi connectivity index (χ0v) is 20.9. The number of methoxy groups -OCH3 is 2. The monoisotopic (exact) mass is 501 g/mol. The van der Waals surface area contributed by atoms with E-state index in [1.807, 2.05) is 19.9 Å². The quantitative estimate of drug-likeness (QED) is 0.275. The van der Waals surface area contributed by atoms with Gasteiger partial charge in [0.25, 0.3) is 11.7 Å². The Labute approximate surface area is 214 Å². The molecular formula is C29H27NO7. The van der Waals surface area contributed by atoms with Gasteiger partial charge in [0.05, 0.1) is 37.0 Å². The van der Waals surface area contributed by atoms with Gasteiger partial charge in [0.15, 0.2) is 0 Å². The SMILES string of the molecule is COc1ccc(C2/C(=C(\O)c3cc(C)cc(C)c3OC)C(=O)C(=O)N2Cc2ccc(C(=O)O)cc2)cc1. The maximum absolute atomic E-state index is 13.4. The minimum atomic E-state index is -1.06. The van der Waals surface area contributed by atoms with Crippen molar-refractivity contribution in [2.75, 3.05) is 14.2 Å². The van der Waals surface area contributed by atoms with Crippen LogP contribution in [0.1, 0.15) is 44.2 Å². The highest BCUT2D eigenvalue weighted by Crippen LogP contribution is 2.42. The highest BCUT2D eigenvalue weighted by Gasteiger charge is 2.46. The molecule has 190 valence electrons. The number of benzene rings is 3. The first kappa shape index (κ1) is 25.5. The fourth-order valence-corrected chi connectivity index (χ4v) is 4.67. The molecule has 1 aliphatic heterocycles. The largest absolute Gasteiger partial charge is 0.507 e. The average molecular weight is 502 g/mol. The highest BCUT2D eigenvalue weighted by atomic mass is 16.5. The standard InChI is InChI=1S/C29H27NO7/c1-16-13-17(2)27(37-4)22(14-16)25(31)23-24(19-9-11-21(36-3)12-10-19)30(28(33)26(23)32)15-18-5-7-20(8-6-18)29(34)35/h5-14,24,31H,15H2,1-4H3,(H,34,35)/b25-23+. The van der Waals surface area contributed by atoms with Gasteiger partial charge < -0.3 is 24.6 Å². The van der Waals surface area contributed by atoms with Gasteiger partial charge in [-0.3, -0.25) is 9.59 Å². The van der Waals surface area contributed by atoms with Gasteiger partial charge in [0.2, 0.25) is 0 Å². The molecule has 3 aromatic carbocycles. The fraction of sp³-hybridized carbons (Fsp3) is 0.207. The molecule has 1 atom stereocenters. The van der Waals surface area contributed by atoms with E-state index < -0.39 is 23.7 Å². The van der Waals surface area contributed by atoms with Crippen LogP contribution in [0.25, 0.3) is 5.76 Å². The summed E-state index contributed by atoms with van der Waals surface area (Å²) < 4.78 is 10.8. The van der Waals surface area contributed by atoms with E-state index in [1.165, 1.54) is 31.3 Å². The number of aliphatic hydroxyl groups is 1. The third-order valence-corrected chi connectivity index (χ3v) is 6.40. The number of aromatic carboxylic acids is 1. The van der Waals surface area contributed by atoms with E-state index in [0.29, 0.717) is 28.2 Å². The Kier molecular flexibility index (Phi) is 7.02. The Balaban J connectivity index is 1.88. The summed E-state index contributed by atoms with van der Waals surface area (Å²) in [5.41, 5.74) is 3.25. The molecule has 3 aromatic rings. The second-order valence-corrected chi connectivity index (χ2v) is 8.86. The summed E-state index contributed by atoms with van der Waals surface area (Å²) in [7, 11) is 3.02. The number of amides is 1. The molecule has 1 unspecified atom stereocenters. The van der Waals surface area contributed by atoms with E-state index >= 15 is 0 Å². The predicted octanol–water partition coefficient (Wildman–Crippen LogP) is 4.64. The number of Topliss-reactive ketones (excluding diaryl/α,β-unsaturated/α-hetero) is 1. The molecule has 0 aliphatic carbocycles. The van der Waals surface area contributed by atoms with Crippen molar-refractivity contribution >= 4 is 23.4 Å². The van der Waals surface area contributed by atoms with Gasteiger partial charge in [-0.1, -0.05) is 30.3 Å². The lowest BCUT2D eigenvalue weighted by molar-refractivity contribution is -0.140. The van der Waals surface area contributed by atoms with E-state index in [2.05, 4.69) is 0 Å². The lowest BCUT2D eigenvalue weighted by Crippen LogP contribution is -2.29. The van der Waals surface area contributed by atoms with E-state index in [1.54, 1.807) is 42.5 Å². The minimum Gasteiger partial charge on any atom is -0.507 e. The number of aryl methyl sites for hydroxylation is 2. The maximum atomic E-state index is 13.4. The van der Waals surface area contributed by atoms with Crippen LogP contribution in [-0.4, -0.2) is 47.0 Å². The first-order valence-electron chi connectivity index (χ1n) is 11.6. The van der Waals surface area contributed by atoms with E-state index in [0.717, 1.165) is 11.1 Å². The average Bonchev–Trinajstić information content (AvgIpc) is 3.13. The molecule has 1 amide bonds. The molecule has 1 heterocycles. The second-order valence-electron chi connectivity index (χ2n) is 8.86. The van der Waals surface area contributed by atoms with Gasteiger partial charge in [-0.05, 0) is 66.4 Å². The van der Waals surface area contributed by atoms with E-state index in [4.69, 9.17) is 9.47 Å². The Bertz CT molecular complexity index is 1410. The summed E-state index contributed by atoms with van der Waals surface area (Å²) in [6, 6.07) is 15.7. The van der Waals surface area contributed by atoms with Crippen molar-refractivity contribution in [3.8, 4) is 11.5 Å². The zero-order valence-electron chi connectivity index (χ0n) is 20.9. The maximum Gasteiger partial charge on any atom is 0.335 e. The van der Waals surface area contributed by atoms with Crippen LogP contribution < -0.4 is 9.47 Å². The van der Waals surface area contributed by atoms with Crippen molar-refractivity contribution in [3.05, 3.63) is 99.6 Å². The van der Waals surface area contributed by atoms with Crippen molar-refractivity contribution in [1.29, 1.82) is 0 Å². The molecule has 0 bridgehead atoms. The number of aliphatic hydroxyl groups excluding tert-OH is 1. The van der Waals surface area contributed by atoms with E-state index in [9.17, 15) is 24.6 Å². The number of carboxylic acids is 1. The third kappa shape index (κ3) is 4.78. The van der Waals surface area contributed by atoms with Crippen LogP contribution >= 0.6 is 0 Å². The van der Waals surface area contributed by atoms with Crippen LogP contribution in [0.2, 0.25) is 0 Å². The van der Waals surface area contributed by atoms with Crippen LogP contribution in [0, 0.1) is 13.8 Å². The number of hydrogen-bond acceptors (Lipinski definition) is 6. The number of hydrogen-bond donors (Lipinski definition) is 2. The second kappa shape index (κ2) is 10.2. The summed E-state index contributed by atoms with van der Waals surface area (Å²) in [5.74, 6) is -1.97. The number of carbonyl (C=O) groups is 3. The number of likely N-dealkylation sites (tertiary alicyclic amines) is 1. The Morgan fingerprint density at radius 1 is 0.919 bits per heavy atom. The van der Waals surface area contributed by atoms with Gasteiger partial charge in [0, 0.05) is 6.54 Å². The fourth-order valence-electron chi connectivity index (χ4n) is 4.67. The number of carboxylic acid groups (broad SMARTS) is 1. The lowest BCUT2D eigenvalue weighted by Gasteiger charge is -2.26. The van der Waals surface area contributed by atoms with Crippen LogP contribution in [0.4, 0.5) is 0 Å². The van der Waals surface area contributed by atoms with Gasteiger partial charge >= 0.3 is 5.97 Å². The van der Waals surface area contributed by atoms with Crippen molar-refractivity contribution in [2.45, 2.75) is 26.4 Å². The topological polar surface area (TPSA) is 113 Å². The molecule has 0 spiro atoms. The molecule has 0 radical (unpaired) electrons. The molecule has 2 N–H and O–H groups in total. The summed E-state index contributed by atoms with van der Waals surface area (Å²) in [6.07, 6.45) is 0. The van der Waals surface area contributed by atoms with Crippen LogP contribution in [-0.2, 0) is 16.1 Å². The summed E-state index contributed by atoms with van der Waals surface area (Å²) in [6.45, 7) is 3.73. The van der Waals surface area contributed by atoms with Crippen molar-refractivity contribution in [3.63, 3.8) is 0 Å². The normalized spacial score (nSPS) is 16.6. The minimum absolute atomic E-state index is 0.0297. The Hall–Kier alpha value is -4.59. The van der Waals surface area contributed by atoms with Crippen LogP contribution in [0.15, 0.2) is 66.2 Å². The molecule has 37 heavy (non-hydrogen) atoms. The van der Waals surface area contributed by atoms with Gasteiger partial charge in [-0.15, -0.1) is 0 Å². The number of ketones is 1. The highest BCUT2D eigenvalue weighted by molar-refractivity contribution is 6.46. The molecule has 1 aliphatic rings. The summed E-state index contributed by atoms with van der Waals surface area (Å²) in [5, 5.41) is 20.7. The van der Waals surface area contributed by atoms with Crippen molar-refractivity contribution in [2.24, 2.45) is 0 Å². The van der Waals surface area contributed by atoms with Gasteiger partial charge in [-0.25, -0.2) is 4.79 Å². The van der Waals surface area contributed by atoms with Crippen molar-refractivity contribution in [1.82, 2.24) is 4.90 Å². The molecule has 1 saturated heterocycles. The first-order chi connectivity index (χ1) is 17.7. The smallest absolute Gasteiger partial charge is 0.335 e. The predicted molar refractivity (Wildman–Crippen MR) is 137 cm³/mol. The van der Waals surface area contributed by atoms with Gasteiger partial charge in [0.1, 0.15) is 17.3 Å². The third-order valence-electron chi connectivity index (χ3n) is 6.40. The lowest BCUT2D eigenvalue weighted by atomic mass is 9.93. The van der Waals surface area contributed by atoms with Crippen LogP contribution in [0.3, 0.4) is 0 Å². The summed E-state index contributed by atoms with van der Waals surface area (Å²) >= 11 is 0. The zero-order chi connectivity index (χ0) is 26.9. The number of nitrogens with zero attached hydrogens (tertiary/aromatic N) is 1. The Morgan fingerprint density at radius 2 is 1.57 bits per heavy atom. The van der Waals surface area contributed by atoms with Crippen molar-refractivity contribution < 1.29 is 34.1 Å². The molecule has 0 saturated carbocycles. The van der Waals surface area contributed by atoms with Crippen LogP contribution in [0.5, 0.6) is 11.5 Å². The molecule has 4 rings (SSSR count). The molecule has 8 nitrogen and oxygen atoms in total. The summed E-state index contributed by atoms with van der Waals surface area (Å²) in [4.78, 5) is 39.3. The molecular weight excluding hydrogens is 474 g/mol. The van der Waals surface area contributed by atoms with E-state index in [-0.39, 0.29) is 23.4 Å². The Morgan fingerprint density at radius 3 is 2.14 bits per heavy atom.